The number of fused-ring (bicyclic) bond motifs is 1. The van der Waals surface area contributed by atoms with Crippen molar-refractivity contribution in [2.75, 3.05) is 13.7 Å². The summed E-state index contributed by atoms with van der Waals surface area (Å²) >= 11 is 0. The highest BCUT2D eigenvalue weighted by atomic mass is 19.1. The summed E-state index contributed by atoms with van der Waals surface area (Å²) in [6.45, 7) is 1.56. The van der Waals surface area contributed by atoms with E-state index < -0.39 is 52.3 Å². The zero-order valence-electron chi connectivity index (χ0n) is 16.5. The molecule has 4 rings (SSSR count). The van der Waals surface area contributed by atoms with Gasteiger partial charge < -0.3 is 15.2 Å². The standard InChI is InChI=1S/C20H18F4N4O3/c1-9-3-11-18(29)28(2)19(25)27-20(11,8-30-9)10-4-15(13(22)5-12(10)21)31-16-6-17(24)26-7-14(16)23/h4-7,9,11H,3,8H2,1-2H3,(H2,25,27)/t9-,11-,20+/m0/s1. The maximum absolute atomic E-state index is 15.0. The van der Waals surface area contributed by atoms with E-state index >= 15 is 0 Å². The molecule has 1 saturated heterocycles. The van der Waals surface area contributed by atoms with Crippen LogP contribution < -0.4 is 10.5 Å². The minimum Gasteiger partial charge on any atom is -0.451 e. The second kappa shape index (κ2) is 7.49. The van der Waals surface area contributed by atoms with Crippen LogP contribution in [0.2, 0.25) is 0 Å². The SMILES string of the molecule is C[C@H]1C[C@H]2C(=O)N(C)C(N)=N[C@@]2(c2cc(Oc3cc(F)ncc3F)c(F)cc2F)CO1. The van der Waals surface area contributed by atoms with Gasteiger partial charge in [-0.1, -0.05) is 0 Å². The molecule has 0 unspecified atom stereocenters. The van der Waals surface area contributed by atoms with E-state index in [9.17, 15) is 22.4 Å². The highest BCUT2D eigenvalue weighted by Crippen LogP contribution is 2.46. The van der Waals surface area contributed by atoms with Gasteiger partial charge in [-0.2, -0.15) is 4.39 Å². The summed E-state index contributed by atoms with van der Waals surface area (Å²) in [7, 11) is 1.45. The topological polar surface area (TPSA) is 90.0 Å². The minimum atomic E-state index is -1.57. The first kappa shape index (κ1) is 21.0. The Morgan fingerprint density at radius 1 is 1.16 bits per heavy atom. The van der Waals surface area contributed by atoms with E-state index in [0.717, 1.165) is 11.0 Å². The fraction of sp³-hybridized carbons (Fsp3) is 0.350. The van der Waals surface area contributed by atoms with Crippen molar-refractivity contribution in [1.29, 1.82) is 0 Å². The van der Waals surface area contributed by atoms with E-state index in [1.807, 2.05) is 0 Å². The number of nitrogens with two attached hydrogens (primary N) is 1. The molecule has 2 aliphatic heterocycles. The normalized spacial score (nSPS) is 25.8. The van der Waals surface area contributed by atoms with E-state index in [1.54, 1.807) is 6.92 Å². The Bertz CT molecular complexity index is 1100. The Hall–Kier alpha value is -3.21. The van der Waals surface area contributed by atoms with Crippen LogP contribution in [-0.4, -0.2) is 41.5 Å². The lowest BCUT2D eigenvalue weighted by Crippen LogP contribution is -2.59. The number of hydrogen-bond acceptors (Lipinski definition) is 6. The van der Waals surface area contributed by atoms with Gasteiger partial charge in [0.2, 0.25) is 11.9 Å². The molecule has 31 heavy (non-hydrogen) atoms. The van der Waals surface area contributed by atoms with Crippen molar-refractivity contribution in [3.05, 3.63) is 53.4 Å². The second-order valence-corrected chi connectivity index (χ2v) is 7.50. The van der Waals surface area contributed by atoms with Gasteiger partial charge in [-0.05, 0) is 19.4 Å². The molecule has 164 valence electrons. The van der Waals surface area contributed by atoms with E-state index in [0.29, 0.717) is 18.3 Å². The number of ether oxygens (including phenoxy) is 2. The lowest BCUT2D eigenvalue weighted by Gasteiger charge is -2.46. The van der Waals surface area contributed by atoms with Crippen LogP contribution >= 0.6 is 0 Å². The minimum absolute atomic E-state index is 0.159. The van der Waals surface area contributed by atoms with Crippen molar-refractivity contribution in [2.24, 2.45) is 16.6 Å². The molecule has 7 nitrogen and oxygen atoms in total. The zero-order valence-corrected chi connectivity index (χ0v) is 16.5. The van der Waals surface area contributed by atoms with Crippen LogP contribution in [0.25, 0.3) is 0 Å². The van der Waals surface area contributed by atoms with E-state index in [-0.39, 0.29) is 30.7 Å². The molecule has 0 bridgehead atoms. The average Bonchev–Trinajstić information content (AvgIpc) is 2.72. The van der Waals surface area contributed by atoms with Crippen LogP contribution in [0, 0.1) is 29.3 Å². The number of carbonyl (C=O) groups is 1. The van der Waals surface area contributed by atoms with Gasteiger partial charge in [0.15, 0.2) is 29.1 Å². The summed E-state index contributed by atoms with van der Waals surface area (Å²) in [5, 5.41) is 0. The van der Waals surface area contributed by atoms with Crippen molar-refractivity contribution >= 4 is 11.9 Å². The zero-order chi connectivity index (χ0) is 22.5. The van der Waals surface area contributed by atoms with Gasteiger partial charge in [0.1, 0.15) is 11.4 Å². The van der Waals surface area contributed by atoms with Crippen molar-refractivity contribution in [1.82, 2.24) is 9.88 Å². The maximum atomic E-state index is 15.0. The van der Waals surface area contributed by atoms with E-state index in [4.69, 9.17) is 15.2 Å². The third-order valence-electron chi connectivity index (χ3n) is 5.51. The number of hydrogen-bond donors (Lipinski definition) is 1. The maximum Gasteiger partial charge on any atom is 0.235 e. The molecule has 3 atom stereocenters. The van der Waals surface area contributed by atoms with Crippen molar-refractivity contribution in [3.8, 4) is 11.5 Å². The van der Waals surface area contributed by atoms with Gasteiger partial charge in [-0.15, -0.1) is 0 Å². The Morgan fingerprint density at radius 3 is 2.61 bits per heavy atom. The fourth-order valence-electron chi connectivity index (χ4n) is 3.86. The van der Waals surface area contributed by atoms with Gasteiger partial charge in [-0.25, -0.2) is 23.1 Å². The summed E-state index contributed by atoms with van der Waals surface area (Å²) in [5.41, 5.74) is 4.10. The number of nitrogens with zero attached hydrogens (tertiary/aromatic N) is 3. The Morgan fingerprint density at radius 2 is 1.87 bits per heavy atom. The summed E-state index contributed by atoms with van der Waals surface area (Å²) < 4.78 is 67.5. The third kappa shape index (κ3) is 3.48. The first-order valence-corrected chi connectivity index (χ1v) is 9.35. The molecule has 1 aromatic heterocycles. The summed E-state index contributed by atoms with van der Waals surface area (Å²) in [6, 6.07) is 2.11. The first-order chi connectivity index (χ1) is 14.6. The average molecular weight is 438 g/mol. The highest BCUT2D eigenvalue weighted by Gasteiger charge is 2.54. The van der Waals surface area contributed by atoms with Crippen LogP contribution in [0.5, 0.6) is 11.5 Å². The van der Waals surface area contributed by atoms with Crippen LogP contribution in [-0.2, 0) is 15.1 Å². The van der Waals surface area contributed by atoms with E-state index in [2.05, 4.69) is 9.98 Å². The molecule has 1 aromatic carbocycles. The number of aliphatic imine (C=N–C) groups is 1. The molecule has 2 aromatic rings. The molecule has 3 heterocycles. The summed E-state index contributed by atoms with van der Waals surface area (Å²) in [4.78, 5) is 21.6. The third-order valence-corrected chi connectivity index (χ3v) is 5.51. The Balaban J connectivity index is 1.85. The molecule has 2 N–H and O–H groups in total. The van der Waals surface area contributed by atoms with Crippen LogP contribution in [0.3, 0.4) is 0 Å². The van der Waals surface area contributed by atoms with Gasteiger partial charge >= 0.3 is 0 Å². The van der Waals surface area contributed by atoms with Crippen LogP contribution in [0.1, 0.15) is 18.9 Å². The van der Waals surface area contributed by atoms with Crippen molar-refractivity contribution in [2.45, 2.75) is 25.0 Å². The second-order valence-electron chi connectivity index (χ2n) is 7.50. The van der Waals surface area contributed by atoms with Crippen LogP contribution in [0.15, 0.2) is 29.4 Å². The fourth-order valence-corrected chi connectivity index (χ4v) is 3.86. The van der Waals surface area contributed by atoms with E-state index in [1.165, 1.54) is 7.05 Å². The molecule has 0 aliphatic carbocycles. The lowest BCUT2D eigenvalue weighted by molar-refractivity contribution is -0.144. The number of benzene rings is 1. The highest BCUT2D eigenvalue weighted by molar-refractivity contribution is 6.00. The summed E-state index contributed by atoms with van der Waals surface area (Å²) in [6.07, 6.45) is 0.480. The van der Waals surface area contributed by atoms with Gasteiger partial charge in [0, 0.05) is 24.7 Å². The molecule has 0 spiro atoms. The largest absolute Gasteiger partial charge is 0.451 e. The van der Waals surface area contributed by atoms with Gasteiger partial charge in [0.05, 0.1) is 24.8 Å². The van der Waals surface area contributed by atoms with Gasteiger partial charge in [-0.3, -0.25) is 9.69 Å². The molecule has 1 amide bonds. The molecular weight excluding hydrogens is 420 g/mol. The Kier molecular flexibility index (Phi) is 5.08. The van der Waals surface area contributed by atoms with Gasteiger partial charge in [0.25, 0.3) is 0 Å². The molecule has 2 aliphatic rings. The predicted molar refractivity (Wildman–Crippen MR) is 100 cm³/mol. The molecule has 0 saturated carbocycles. The smallest absolute Gasteiger partial charge is 0.235 e. The predicted octanol–water partition coefficient (Wildman–Crippen LogP) is 2.84. The number of pyridine rings is 1. The lowest BCUT2D eigenvalue weighted by atomic mass is 9.72. The summed E-state index contributed by atoms with van der Waals surface area (Å²) in [5.74, 6) is -6.89. The molecule has 1 fully saturated rings. The van der Waals surface area contributed by atoms with Crippen LogP contribution in [0.4, 0.5) is 17.6 Å². The number of halogens is 4. The quantitative estimate of drug-likeness (QED) is 0.588. The number of guanidine groups is 1. The molecular formula is C20H18F4N4O3. The van der Waals surface area contributed by atoms with Crippen molar-refractivity contribution in [3.63, 3.8) is 0 Å². The number of carbonyl (C=O) groups excluding carboxylic acids is 1. The molecule has 11 heteroatoms. The molecule has 0 radical (unpaired) electrons. The number of amides is 1. The monoisotopic (exact) mass is 438 g/mol. The Labute approximate surface area is 174 Å². The number of rotatable bonds is 3. The van der Waals surface area contributed by atoms with Crippen molar-refractivity contribution < 1.29 is 31.8 Å². The first-order valence-electron chi connectivity index (χ1n) is 9.35. The number of aromatic nitrogens is 1.